The molecule has 6 heteroatoms. The summed E-state index contributed by atoms with van der Waals surface area (Å²) in [6, 6.07) is 1.16. The Hall–Kier alpha value is -1.27. The first-order chi connectivity index (χ1) is 7.63. The fourth-order valence-corrected chi connectivity index (χ4v) is 3.00. The fourth-order valence-electron chi connectivity index (χ4n) is 1.74. The van der Waals surface area contributed by atoms with Crippen molar-refractivity contribution in [3.8, 4) is 0 Å². The second kappa shape index (κ2) is 4.31. The highest BCUT2D eigenvalue weighted by molar-refractivity contribution is 8.00. The molecule has 0 aromatic carbocycles. The predicted octanol–water partition coefficient (Wildman–Crippen LogP) is -0.258. The van der Waals surface area contributed by atoms with Gasteiger partial charge in [0.2, 0.25) is 0 Å². The summed E-state index contributed by atoms with van der Waals surface area (Å²) in [5.41, 5.74) is -0.0179. The van der Waals surface area contributed by atoms with Crippen LogP contribution in [0.15, 0.2) is 34.0 Å². The molecule has 1 aliphatic rings. The second-order valence-corrected chi connectivity index (χ2v) is 4.85. The van der Waals surface area contributed by atoms with Crippen molar-refractivity contribution in [1.82, 2.24) is 9.55 Å². The predicted molar refractivity (Wildman–Crippen MR) is 62.8 cm³/mol. The Morgan fingerprint density at radius 3 is 2.94 bits per heavy atom. The molecule has 0 bridgehead atoms. The summed E-state index contributed by atoms with van der Waals surface area (Å²) in [7, 11) is 0. The number of aliphatic hydroxyl groups excluding tert-OH is 1. The molecule has 1 aromatic heterocycles. The lowest BCUT2D eigenvalue weighted by Crippen LogP contribution is -2.32. The van der Waals surface area contributed by atoms with Crippen LogP contribution < -0.4 is 11.2 Å². The van der Waals surface area contributed by atoms with E-state index in [1.165, 1.54) is 16.8 Å². The molecule has 1 saturated heterocycles. The summed E-state index contributed by atoms with van der Waals surface area (Å²) in [6.45, 7) is 3.92. The topological polar surface area (TPSA) is 75.1 Å². The smallest absolute Gasteiger partial charge is 0.328 e. The third-order valence-corrected chi connectivity index (χ3v) is 4.01. The van der Waals surface area contributed by atoms with Gasteiger partial charge in [-0.25, -0.2) is 4.79 Å². The highest BCUT2D eigenvalue weighted by Gasteiger charge is 2.30. The van der Waals surface area contributed by atoms with E-state index in [1.54, 1.807) is 11.8 Å². The van der Waals surface area contributed by atoms with Gasteiger partial charge in [-0.2, -0.15) is 0 Å². The SMILES string of the molecule is C=C1[C@H](CO)SC[C@@H]1n1ccc(=O)[nH]c1=O. The van der Waals surface area contributed by atoms with E-state index in [9.17, 15) is 9.59 Å². The zero-order valence-corrected chi connectivity index (χ0v) is 9.37. The van der Waals surface area contributed by atoms with Gasteiger partial charge >= 0.3 is 5.69 Å². The molecule has 0 aliphatic carbocycles. The van der Waals surface area contributed by atoms with Gasteiger partial charge in [-0.1, -0.05) is 6.58 Å². The van der Waals surface area contributed by atoms with Crippen molar-refractivity contribution < 1.29 is 5.11 Å². The lowest BCUT2D eigenvalue weighted by molar-refractivity contribution is 0.302. The number of rotatable bonds is 2. The van der Waals surface area contributed by atoms with Crippen LogP contribution in [-0.4, -0.2) is 32.3 Å². The first-order valence-corrected chi connectivity index (χ1v) is 5.91. The molecule has 2 atom stereocenters. The van der Waals surface area contributed by atoms with Gasteiger partial charge < -0.3 is 5.11 Å². The number of nitrogens with zero attached hydrogens (tertiary/aromatic N) is 1. The van der Waals surface area contributed by atoms with Crippen molar-refractivity contribution in [2.24, 2.45) is 0 Å². The zero-order valence-electron chi connectivity index (χ0n) is 8.55. The maximum atomic E-state index is 11.6. The number of nitrogens with one attached hydrogen (secondary N) is 1. The number of H-pyrrole nitrogens is 1. The Bertz CT molecular complexity index is 519. The van der Waals surface area contributed by atoms with Gasteiger partial charge in [0.05, 0.1) is 17.9 Å². The summed E-state index contributed by atoms with van der Waals surface area (Å²) >= 11 is 1.57. The molecule has 2 heterocycles. The van der Waals surface area contributed by atoms with Crippen LogP contribution >= 0.6 is 11.8 Å². The van der Waals surface area contributed by atoms with Gasteiger partial charge in [0.15, 0.2) is 0 Å². The molecular weight excluding hydrogens is 228 g/mol. The summed E-state index contributed by atoms with van der Waals surface area (Å²) in [4.78, 5) is 24.7. The minimum absolute atomic E-state index is 0.0242. The van der Waals surface area contributed by atoms with Gasteiger partial charge in [0.1, 0.15) is 0 Å². The van der Waals surface area contributed by atoms with E-state index < -0.39 is 11.2 Å². The molecule has 5 nitrogen and oxygen atoms in total. The van der Waals surface area contributed by atoms with Crippen LogP contribution in [0.1, 0.15) is 6.04 Å². The second-order valence-electron chi connectivity index (χ2n) is 3.61. The van der Waals surface area contributed by atoms with Crippen LogP contribution in [0.5, 0.6) is 0 Å². The first-order valence-electron chi connectivity index (χ1n) is 4.86. The van der Waals surface area contributed by atoms with E-state index in [0.717, 1.165) is 5.57 Å². The fraction of sp³-hybridized carbons (Fsp3) is 0.400. The number of aromatic amines is 1. The first kappa shape index (κ1) is 11.2. The summed E-state index contributed by atoms with van der Waals surface area (Å²) in [5.74, 6) is 0.690. The number of aliphatic hydroxyl groups is 1. The van der Waals surface area contributed by atoms with Crippen molar-refractivity contribution in [3.05, 3.63) is 45.3 Å². The van der Waals surface area contributed by atoms with Gasteiger partial charge in [0.25, 0.3) is 5.56 Å². The Balaban J connectivity index is 2.36. The third kappa shape index (κ3) is 1.85. The summed E-state index contributed by atoms with van der Waals surface area (Å²) in [6.07, 6.45) is 1.47. The maximum Gasteiger partial charge on any atom is 0.328 e. The van der Waals surface area contributed by atoms with Crippen molar-refractivity contribution in [3.63, 3.8) is 0 Å². The lowest BCUT2D eigenvalue weighted by Gasteiger charge is -2.14. The molecular formula is C10H12N2O3S. The molecule has 2 rings (SSSR count). The van der Waals surface area contributed by atoms with Gasteiger partial charge in [-0.3, -0.25) is 14.3 Å². The third-order valence-electron chi connectivity index (χ3n) is 2.65. The van der Waals surface area contributed by atoms with Crippen molar-refractivity contribution in [1.29, 1.82) is 0 Å². The maximum absolute atomic E-state index is 11.6. The van der Waals surface area contributed by atoms with Crippen LogP contribution in [0.3, 0.4) is 0 Å². The van der Waals surface area contributed by atoms with E-state index in [1.807, 2.05) is 0 Å². The molecule has 16 heavy (non-hydrogen) atoms. The standard InChI is InChI=1S/C10H12N2O3S/c1-6-7(5-16-8(6)4-13)12-3-2-9(14)11-10(12)15/h2-3,7-8,13H,1,4-5H2,(H,11,14,15)/t7-,8-/m0/s1. The van der Waals surface area contributed by atoms with E-state index in [0.29, 0.717) is 5.75 Å². The lowest BCUT2D eigenvalue weighted by atomic mass is 10.1. The van der Waals surface area contributed by atoms with Gasteiger partial charge in [0, 0.05) is 18.0 Å². The Morgan fingerprint density at radius 1 is 1.62 bits per heavy atom. The van der Waals surface area contributed by atoms with Crippen molar-refractivity contribution >= 4 is 11.8 Å². The molecule has 1 aromatic rings. The van der Waals surface area contributed by atoms with Crippen molar-refractivity contribution in [2.45, 2.75) is 11.3 Å². The monoisotopic (exact) mass is 240 g/mol. The molecule has 0 unspecified atom stereocenters. The average molecular weight is 240 g/mol. The Labute approximate surface area is 95.8 Å². The number of thioether (sulfide) groups is 1. The van der Waals surface area contributed by atoms with Crippen LogP contribution in [-0.2, 0) is 0 Å². The molecule has 86 valence electrons. The molecule has 0 amide bonds. The van der Waals surface area contributed by atoms with E-state index in [-0.39, 0.29) is 17.9 Å². The molecule has 2 N–H and O–H groups in total. The normalized spacial score (nSPS) is 24.9. The van der Waals surface area contributed by atoms with Crippen molar-refractivity contribution in [2.75, 3.05) is 12.4 Å². The summed E-state index contributed by atoms with van der Waals surface area (Å²) < 4.78 is 1.45. The van der Waals surface area contributed by atoms with Crippen LogP contribution in [0.4, 0.5) is 0 Å². The molecule has 1 fully saturated rings. The zero-order chi connectivity index (χ0) is 11.7. The minimum atomic E-state index is -0.433. The Kier molecular flexibility index (Phi) is 3.02. The largest absolute Gasteiger partial charge is 0.395 e. The van der Waals surface area contributed by atoms with E-state index in [2.05, 4.69) is 11.6 Å². The molecule has 0 saturated carbocycles. The highest BCUT2D eigenvalue weighted by Crippen LogP contribution is 2.37. The van der Waals surface area contributed by atoms with Crippen LogP contribution in [0.2, 0.25) is 0 Å². The Morgan fingerprint density at radius 2 is 2.38 bits per heavy atom. The number of hydrogen-bond acceptors (Lipinski definition) is 4. The quantitative estimate of drug-likeness (QED) is 0.698. The number of aromatic nitrogens is 2. The van der Waals surface area contributed by atoms with E-state index in [4.69, 9.17) is 5.11 Å². The van der Waals surface area contributed by atoms with E-state index >= 15 is 0 Å². The molecule has 0 radical (unpaired) electrons. The van der Waals surface area contributed by atoms with Gasteiger partial charge in [-0.15, -0.1) is 11.8 Å². The van der Waals surface area contributed by atoms with Crippen LogP contribution in [0.25, 0.3) is 0 Å². The molecule has 1 aliphatic heterocycles. The molecule has 0 spiro atoms. The summed E-state index contributed by atoms with van der Waals surface area (Å²) in [5, 5.41) is 9.06. The highest BCUT2D eigenvalue weighted by atomic mass is 32.2. The van der Waals surface area contributed by atoms with Gasteiger partial charge in [-0.05, 0) is 5.57 Å². The minimum Gasteiger partial charge on any atom is -0.395 e. The number of hydrogen-bond donors (Lipinski definition) is 2. The average Bonchev–Trinajstić information content (AvgIpc) is 2.60. The van der Waals surface area contributed by atoms with Crippen LogP contribution in [0, 0.1) is 0 Å².